The zero-order valence-electron chi connectivity index (χ0n) is 6.60. The van der Waals surface area contributed by atoms with E-state index in [9.17, 15) is 14.4 Å². The van der Waals surface area contributed by atoms with Crippen molar-refractivity contribution in [3.05, 3.63) is 0 Å². The lowest BCUT2D eigenvalue weighted by Crippen LogP contribution is -2.27. The topological polar surface area (TPSA) is 127 Å². The molecule has 0 spiro atoms. The quantitative estimate of drug-likeness (QED) is 0.425. The number of aliphatic hydroxyl groups excluding tert-OH is 1. The van der Waals surface area contributed by atoms with E-state index < -0.39 is 37.0 Å². The summed E-state index contributed by atoms with van der Waals surface area (Å²) < 4.78 is 4.19. The molecule has 0 radical (unpaired) electrons. The minimum atomic E-state index is -1.82. The third-order valence-electron chi connectivity index (χ3n) is 1.02. The molecule has 1 unspecified atom stereocenters. The van der Waals surface area contributed by atoms with Crippen LogP contribution in [-0.4, -0.2) is 40.8 Å². The molecular formula is C6H9NO6. The van der Waals surface area contributed by atoms with Gasteiger partial charge in [0, 0.05) is 0 Å². The van der Waals surface area contributed by atoms with Crippen molar-refractivity contribution in [2.75, 3.05) is 6.61 Å². The van der Waals surface area contributed by atoms with E-state index in [1.807, 2.05) is 0 Å². The van der Waals surface area contributed by atoms with Crippen molar-refractivity contribution >= 4 is 17.8 Å². The number of carbonyl (C=O) groups excluding carboxylic acids is 2. The smallest absolute Gasteiger partial charge is 0.333 e. The van der Waals surface area contributed by atoms with E-state index in [0.29, 0.717) is 0 Å². The Labute approximate surface area is 73.1 Å². The summed E-state index contributed by atoms with van der Waals surface area (Å²) in [6, 6.07) is 0. The first-order valence-electron chi connectivity index (χ1n) is 3.28. The average molecular weight is 191 g/mol. The summed E-state index contributed by atoms with van der Waals surface area (Å²) in [7, 11) is 0. The average Bonchev–Trinajstić information content (AvgIpc) is 2.00. The Morgan fingerprint density at radius 1 is 1.38 bits per heavy atom. The minimum Gasteiger partial charge on any atom is -0.479 e. The zero-order chi connectivity index (χ0) is 10.4. The van der Waals surface area contributed by atoms with Gasteiger partial charge >= 0.3 is 11.9 Å². The molecule has 0 aromatic carbocycles. The maximum atomic E-state index is 10.6. The molecular weight excluding hydrogens is 182 g/mol. The summed E-state index contributed by atoms with van der Waals surface area (Å²) in [6.07, 6.45) is -2.52. The van der Waals surface area contributed by atoms with Gasteiger partial charge in [-0.2, -0.15) is 0 Å². The number of carboxylic acid groups (broad SMARTS) is 1. The normalized spacial score (nSPS) is 11.8. The van der Waals surface area contributed by atoms with Crippen LogP contribution in [0.1, 0.15) is 6.42 Å². The van der Waals surface area contributed by atoms with Crippen LogP contribution in [0.3, 0.4) is 0 Å². The summed E-state index contributed by atoms with van der Waals surface area (Å²) in [5, 5.41) is 16.8. The standard InChI is InChI=1S/C6H9NO6/c7-4(9)2-13-5(10)1-3(8)6(11)12/h3,8H,1-2H2,(H2,7,9)(H,11,12). The van der Waals surface area contributed by atoms with Gasteiger partial charge in [0.1, 0.15) is 0 Å². The van der Waals surface area contributed by atoms with Crippen LogP contribution in [0.2, 0.25) is 0 Å². The molecule has 0 aliphatic heterocycles. The predicted molar refractivity (Wildman–Crippen MR) is 38.4 cm³/mol. The fraction of sp³-hybridized carbons (Fsp3) is 0.500. The molecule has 0 bridgehead atoms. The molecule has 7 heteroatoms. The predicted octanol–water partition coefficient (Wildman–Crippen LogP) is -2.15. The minimum absolute atomic E-state index is 0.620. The number of carboxylic acids is 1. The fourth-order valence-corrected chi connectivity index (χ4v) is 0.456. The van der Waals surface area contributed by atoms with Crippen molar-refractivity contribution in [2.45, 2.75) is 12.5 Å². The summed E-state index contributed by atoms with van der Waals surface area (Å²) in [5.41, 5.74) is 4.64. The SMILES string of the molecule is NC(=O)COC(=O)CC(O)C(=O)O. The van der Waals surface area contributed by atoms with E-state index in [4.69, 9.17) is 10.2 Å². The van der Waals surface area contributed by atoms with Gasteiger partial charge in [0.05, 0.1) is 6.42 Å². The van der Waals surface area contributed by atoms with Gasteiger partial charge in [0.15, 0.2) is 12.7 Å². The van der Waals surface area contributed by atoms with Crippen LogP contribution in [0.5, 0.6) is 0 Å². The number of rotatable bonds is 5. The molecule has 0 aliphatic rings. The van der Waals surface area contributed by atoms with Gasteiger partial charge in [0.25, 0.3) is 5.91 Å². The number of aliphatic hydroxyl groups is 1. The summed E-state index contributed by atoms with van der Waals surface area (Å²) in [6.45, 7) is -0.620. The molecule has 1 atom stereocenters. The Morgan fingerprint density at radius 3 is 2.31 bits per heavy atom. The van der Waals surface area contributed by atoms with Crippen LogP contribution in [-0.2, 0) is 19.1 Å². The van der Waals surface area contributed by atoms with Gasteiger partial charge in [-0.3, -0.25) is 9.59 Å². The van der Waals surface area contributed by atoms with Gasteiger partial charge in [0.2, 0.25) is 0 Å². The first kappa shape index (κ1) is 11.4. The van der Waals surface area contributed by atoms with E-state index in [2.05, 4.69) is 10.5 Å². The number of hydrogen-bond acceptors (Lipinski definition) is 5. The van der Waals surface area contributed by atoms with Crippen LogP contribution < -0.4 is 5.73 Å². The van der Waals surface area contributed by atoms with Gasteiger partial charge in [-0.05, 0) is 0 Å². The first-order valence-corrected chi connectivity index (χ1v) is 3.28. The fourth-order valence-electron chi connectivity index (χ4n) is 0.456. The Bertz CT molecular complexity index is 225. The highest BCUT2D eigenvalue weighted by molar-refractivity contribution is 5.82. The third kappa shape index (κ3) is 5.62. The third-order valence-corrected chi connectivity index (χ3v) is 1.02. The van der Waals surface area contributed by atoms with Crippen molar-refractivity contribution < 1.29 is 29.3 Å². The number of carbonyl (C=O) groups is 3. The molecule has 4 N–H and O–H groups in total. The van der Waals surface area contributed by atoms with Gasteiger partial charge in [-0.1, -0.05) is 0 Å². The molecule has 7 nitrogen and oxygen atoms in total. The second-order valence-electron chi connectivity index (χ2n) is 2.19. The lowest BCUT2D eigenvalue weighted by molar-refractivity contribution is -0.156. The van der Waals surface area contributed by atoms with Crippen molar-refractivity contribution in [1.29, 1.82) is 0 Å². The molecule has 0 aliphatic carbocycles. The van der Waals surface area contributed by atoms with Gasteiger partial charge in [-0.25, -0.2) is 4.79 Å². The maximum absolute atomic E-state index is 10.6. The number of primary amides is 1. The highest BCUT2D eigenvalue weighted by Crippen LogP contribution is 1.94. The van der Waals surface area contributed by atoms with Crippen LogP contribution >= 0.6 is 0 Å². The zero-order valence-corrected chi connectivity index (χ0v) is 6.60. The van der Waals surface area contributed by atoms with Crippen LogP contribution in [0.15, 0.2) is 0 Å². The number of ether oxygens (including phenoxy) is 1. The summed E-state index contributed by atoms with van der Waals surface area (Å²) in [4.78, 5) is 30.7. The second-order valence-corrected chi connectivity index (χ2v) is 2.19. The highest BCUT2D eigenvalue weighted by atomic mass is 16.5. The molecule has 0 rings (SSSR count). The summed E-state index contributed by atoms with van der Waals surface area (Å²) in [5.74, 6) is -3.37. The number of esters is 1. The monoisotopic (exact) mass is 191 g/mol. The number of nitrogens with two attached hydrogens (primary N) is 1. The molecule has 0 fully saturated rings. The van der Waals surface area contributed by atoms with E-state index in [1.165, 1.54) is 0 Å². The van der Waals surface area contributed by atoms with Crippen molar-refractivity contribution in [2.24, 2.45) is 5.73 Å². The first-order chi connectivity index (χ1) is 5.93. The highest BCUT2D eigenvalue weighted by Gasteiger charge is 2.18. The number of aliphatic carboxylic acids is 1. The molecule has 0 saturated carbocycles. The molecule has 0 heterocycles. The van der Waals surface area contributed by atoms with Crippen LogP contribution in [0.25, 0.3) is 0 Å². The van der Waals surface area contributed by atoms with Crippen LogP contribution in [0, 0.1) is 0 Å². The van der Waals surface area contributed by atoms with E-state index >= 15 is 0 Å². The Kier molecular flexibility index (Phi) is 4.45. The number of amides is 1. The van der Waals surface area contributed by atoms with Crippen molar-refractivity contribution in [3.8, 4) is 0 Å². The Balaban J connectivity index is 3.74. The van der Waals surface area contributed by atoms with E-state index in [-0.39, 0.29) is 0 Å². The van der Waals surface area contributed by atoms with Gasteiger partial charge < -0.3 is 20.7 Å². The lowest BCUT2D eigenvalue weighted by Gasteiger charge is -2.04. The molecule has 0 aromatic heterocycles. The number of hydrogen-bond donors (Lipinski definition) is 3. The van der Waals surface area contributed by atoms with E-state index in [0.717, 1.165) is 0 Å². The second kappa shape index (κ2) is 5.09. The largest absolute Gasteiger partial charge is 0.479 e. The molecule has 74 valence electrons. The molecule has 0 saturated heterocycles. The van der Waals surface area contributed by atoms with E-state index in [1.54, 1.807) is 0 Å². The van der Waals surface area contributed by atoms with Crippen molar-refractivity contribution in [1.82, 2.24) is 0 Å². The van der Waals surface area contributed by atoms with Crippen LogP contribution in [0.4, 0.5) is 0 Å². The Hall–Kier alpha value is -1.63. The maximum Gasteiger partial charge on any atom is 0.333 e. The Morgan fingerprint density at radius 2 is 1.92 bits per heavy atom. The van der Waals surface area contributed by atoms with Crippen molar-refractivity contribution in [3.63, 3.8) is 0 Å². The summed E-state index contributed by atoms with van der Waals surface area (Å²) >= 11 is 0. The molecule has 13 heavy (non-hydrogen) atoms. The molecule has 0 aromatic rings. The lowest BCUT2D eigenvalue weighted by atomic mass is 10.2. The van der Waals surface area contributed by atoms with Gasteiger partial charge in [-0.15, -0.1) is 0 Å². The molecule has 1 amide bonds.